The molecular formula is C21H19ClF2N4O2S. The van der Waals surface area contributed by atoms with Crippen molar-refractivity contribution in [1.29, 1.82) is 0 Å². The zero-order valence-corrected chi connectivity index (χ0v) is 18.8. The number of ether oxygens (including phenoxy) is 1. The lowest BCUT2D eigenvalue weighted by molar-refractivity contribution is 0.0993. The zero-order chi connectivity index (χ0) is 22.7. The van der Waals surface area contributed by atoms with Crippen molar-refractivity contribution < 1.29 is 18.3 Å². The Balaban J connectivity index is 2.02. The lowest BCUT2D eigenvalue weighted by Crippen LogP contribution is -2.12. The van der Waals surface area contributed by atoms with Crippen molar-refractivity contribution in [3.8, 4) is 5.75 Å². The molecule has 0 spiro atoms. The number of thiazole rings is 1. The summed E-state index contributed by atoms with van der Waals surface area (Å²) in [4.78, 5) is 23.5. The molecule has 0 N–H and O–H groups in total. The maximum absolute atomic E-state index is 15.0. The van der Waals surface area contributed by atoms with Crippen LogP contribution in [0.2, 0.25) is 5.02 Å². The van der Waals surface area contributed by atoms with Crippen molar-refractivity contribution >= 4 is 51.2 Å². The van der Waals surface area contributed by atoms with E-state index < -0.39 is 23.1 Å². The van der Waals surface area contributed by atoms with E-state index in [1.807, 2.05) is 6.07 Å². The van der Waals surface area contributed by atoms with E-state index in [0.29, 0.717) is 15.5 Å². The number of amides is 1. The summed E-state index contributed by atoms with van der Waals surface area (Å²) in [6.45, 7) is 0. The van der Waals surface area contributed by atoms with E-state index in [9.17, 15) is 9.18 Å². The summed E-state index contributed by atoms with van der Waals surface area (Å²) in [5, 5.41) is 1.00. The topological polar surface area (TPSA) is 58.0 Å². The maximum Gasteiger partial charge on any atom is 0.284 e. The highest BCUT2D eigenvalue weighted by atomic mass is 35.5. The molecule has 0 saturated carbocycles. The molecule has 1 amide bonds. The molecule has 0 radical (unpaired) electrons. The Bertz CT molecular complexity index is 1190. The Morgan fingerprint density at radius 3 is 2.58 bits per heavy atom. The van der Waals surface area contributed by atoms with E-state index in [4.69, 9.17) is 16.3 Å². The van der Waals surface area contributed by atoms with E-state index in [1.54, 1.807) is 51.4 Å². The van der Waals surface area contributed by atoms with E-state index in [-0.39, 0.29) is 11.5 Å². The van der Waals surface area contributed by atoms with Crippen molar-refractivity contribution in [3.05, 3.63) is 63.8 Å². The molecule has 1 aromatic heterocycles. The quantitative estimate of drug-likeness (QED) is 0.295. The lowest BCUT2D eigenvalue weighted by atomic mass is 10.1. The first-order valence-corrected chi connectivity index (χ1v) is 10.2. The maximum atomic E-state index is 15.0. The van der Waals surface area contributed by atoms with Crippen LogP contribution < -0.4 is 4.74 Å². The molecule has 0 unspecified atom stereocenters. The number of hydrogen-bond acceptors (Lipinski definition) is 5. The third kappa shape index (κ3) is 5.36. The van der Waals surface area contributed by atoms with Crippen LogP contribution in [0.5, 0.6) is 5.75 Å². The fourth-order valence-corrected chi connectivity index (χ4v) is 3.58. The second-order valence-electron chi connectivity index (χ2n) is 6.94. The van der Waals surface area contributed by atoms with Crippen LogP contribution in [0.1, 0.15) is 15.4 Å². The van der Waals surface area contributed by atoms with Crippen LogP contribution in [0.15, 0.2) is 41.5 Å². The molecule has 0 saturated heterocycles. The standard InChI is InChI=1S/C21H19ClF2N4O2S/c1-27(2)10-16(21-26-14-9-12(22)5-8-17(14)31-21)30-15-7-6-13(23)18(19(15)24)20(29)25-11-28(3)4/h5-11H,1-4H3/b16-10+,25-11?. The summed E-state index contributed by atoms with van der Waals surface area (Å²) in [6, 6.07) is 7.35. The van der Waals surface area contributed by atoms with Gasteiger partial charge in [-0.05, 0) is 30.3 Å². The second-order valence-corrected chi connectivity index (χ2v) is 8.41. The van der Waals surface area contributed by atoms with Crippen molar-refractivity contribution in [1.82, 2.24) is 14.8 Å². The number of rotatable bonds is 6. The number of carbonyl (C=O) groups is 1. The average molecular weight is 465 g/mol. The monoisotopic (exact) mass is 464 g/mol. The van der Waals surface area contributed by atoms with Gasteiger partial charge in [0, 0.05) is 39.4 Å². The van der Waals surface area contributed by atoms with Gasteiger partial charge in [0.15, 0.2) is 22.3 Å². The Kier molecular flexibility index (Phi) is 6.87. The minimum Gasteiger partial charge on any atom is -0.450 e. The molecule has 0 atom stereocenters. The van der Waals surface area contributed by atoms with Gasteiger partial charge >= 0.3 is 0 Å². The highest BCUT2D eigenvalue weighted by Gasteiger charge is 2.23. The van der Waals surface area contributed by atoms with E-state index >= 15 is 4.39 Å². The lowest BCUT2D eigenvalue weighted by Gasteiger charge is -2.13. The van der Waals surface area contributed by atoms with E-state index in [0.717, 1.165) is 16.8 Å². The van der Waals surface area contributed by atoms with Crippen LogP contribution in [0, 0.1) is 11.6 Å². The number of aliphatic imine (C=N–C) groups is 1. The smallest absolute Gasteiger partial charge is 0.284 e. The van der Waals surface area contributed by atoms with Crippen LogP contribution in [-0.4, -0.2) is 55.2 Å². The van der Waals surface area contributed by atoms with Gasteiger partial charge in [0.05, 0.1) is 16.6 Å². The molecule has 0 aliphatic carbocycles. The summed E-state index contributed by atoms with van der Waals surface area (Å²) < 4.78 is 35.8. The summed E-state index contributed by atoms with van der Waals surface area (Å²) in [5.41, 5.74) is -0.134. The first kappa shape index (κ1) is 22.6. The average Bonchev–Trinajstić information content (AvgIpc) is 3.10. The van der Waals surface area contributed by atoms with Crippen LogP contribution in [0.25, 0.3) is 16.0 Å². The number of aromatic nitrogens is 1. The Hall–Kier alpha value is -3.04. The van der Waals surface area contributed by atoms with Crippen molar-refractivity contribution in [3.63, 3.8) is 0 Å². The van der Waals surface area contributed by atoms with Crippen LogP contribution in [-0.2, 0) is 0 Å². The Labute approximate surface area is 187 Å². The third-order valence-electron chi connectivity index (χ3n) is 3.83. The molecule has 3 rings (SSSR count). The molecule has 162 valence electrons. The van der Waals surface area contributed by atoms with Gasteiger partial charge in [0.2, 0.25) is 0 Å². The molecular weight excluding hydrogens is 446 g/mol. The van der Waals surface area contributed by atoms with Crippen molar-refractivity contribution in [2.75, 3.05) is 28.2 Å². The van der Waals surface area contributed by atoms with Gasteiger partial charge in [-0.2, -0.15) is 4.99 Å². The fourth-order valence-electron chi connectivity index (χ4n) is 2.52. The number of fused-ring (bicyclic) bond motifs is 1. The fraction of sp³-hybridized carbons (Fsp3) is 0.190. The van der Waals surface area contributed by atoms with Crippen molar-refractivity contribution in [2.45, 2.75) is 0 Å². The van der Waals surface area contributed by atoms with Gasteiger partial charge in [0.1, 0.15) is 11.4 Å². The molecule has 0 aliphatic rings. The predicted octanol–water partition coefficient (Wildman–Crippen LogP) is 4.90. The Morgan fingerprint density at radius 2 is 1.90 bits per heavy atom. The number of halogens is 3. The van der Waals surface area contributed by atoms with Gasteiger partial charge in [-0.15, -0.1) is 11.3 Å². The van der Waals surface area contributed by atoms with Crippen molar-refractivity contribution in [2.24, 2.45) is 4.99 Å². The number of benzene rings is 2. The number of nitrogens with zero attached hydrogens (tertiary/aromatic N) is 4. The summed E-state index contributed by atoms with van der Waals surface area (Å²) in [7, 11) is 6.79. The molecule has 31 heavy (non-hydrogen) atoms. The van der Waals surface area contributed by atoms with Crippen LogP contribution >= 0.6 is 22.9 Å². The van der Waals surface area contributed by atoms with E-state index in [2.05, 4.69) is 9.98 Å². The minimum absolute atomic E-state index is 0.225. The molecule has 2 aromatic carbocycles. The van der Waals surface area contributed by atoms with Gasteiger partial charge in [-0.1, -0.05) is 11.6 Å². The van der Waals surface area contributed by atoms with Gasteiger partial charge in [0.25, 0.3) is 5.91 Å². The highest BCUT2D eigenvalue weighted by molar-refractivity contribution is 7.19. The molecule has 3 aromatic rings. The van der Waals surface area contributed by atoms with Gasteiger partial charge < -0.3 is 14.5 Å². The number of hydrogen-bond donors (Lipinski definition) is 0. The molecule has 0 aliphatic heterocycles. The summed E-state index contributed by atoms with van der Waals surface area (Å²) in [5.74, 6) is -3.33. The third-order valence-corrected chi connectivity index (χ3v) is 5.12. The largest absolute Gasteiger partial charge is 0.450 e. The predicted molar refractivity (Wildman–Crippen MR) is 120 cm³/mol. The normalized spacial score (nSPS) is 11.9. The van der Waals surface area contributed by atoms with Gasteiger partial charge in [-0.25, -0.2) is 13.8 Å². The first-order valence-electron chi connectivity index (χ1n) is 9.01. The summed E-state index contributed by atoms with van der Waals surface area (Å²) >= 11 is 7.35. The molecule has 6 nitrogen and oxygen atoms in total. The first-order chi connectivity index (χ1) is 14.7. The zero-order valence-electron chi connectivity index (χ0n) is 17.2. The number of carbonyl (C=O) groups excluding carboxylic acids is 1. The molecule has 10 heteroatoms. The van der Waals surface area contributed by atoms with Crippen LogP contribution in [0.4, 0.5) is 8.78 Å². The molecule has 0 bridgehead atoms. The molecule has 0 fully saturated rings. The highest BCUT2D eigenvalue weighted by Crippen LogP contribution is 2.33. The van der Waals surface area contributed by atoms with E-state index in [1.165, 1.54) is 22.6 Å². The SMILES string of the molecule is CN(C)C=NC(=O)c1c(F)ccc(O/C(=C/N(C)C)c2nc3cc(Cl)ccc3s2)c1F. The molecule has 1 heterocycles. The summed E-state index contributed by atoms with van der Waals surface area (Å²) in [6.07, 6.45) is 2.77. The van der Waals surface area contributed by atoms with Gasteiger partial charge in [-0.3, -0.25) is 4.79 Å². The Morgan fingerprint density at radius 1 is 1.16 bits per heavy atom. The minimum atomic E-state index is -1.14. The second kappa shape index (κ2) is 9.40. The van der Waals surface area contributed by atoms with Crippen LogP contribution in [0.3, 0.4) is 0 Å².